The normalized spacial score (nSPS) is 15.7. The number of thiophene rings is 1. The van der Waals surface area contributed by atoms with Crippen LogP contribution in [0.2, 0.25) is 5.02 Å². The van der Waals surface area contributed by atoms with Gasteiger partial charge >= 0.3 is 5.97 Å². The first-order chi connectivity index (χ1) is 15.7. The molecule has 8 heteroatoms. The number of hydrogen-bond acceptors (Lipinski definition) is 7. The molecule has 3 rings (SSSR count). The van der Waals surface area contributed by atoms with E-state index in [1.54, 1.807) is 36.6 Å². The van der Waals surface area contributed by atoms with Crippen LogP contribution in [0, 0.1) is 22.7 Å². The standard InChI is InChI=1S/C25H29ClN2O4S/c1-6-31-22(29)14-32-23-19(26)9-15(10-20(23)30-5)13-28-24-18(12-27)17-8-7-16(25(2,3)4)11-21(17)33-24/h9-10,13,16H,6-8,11,14H2,1-5H3/t16-/m1/s1. The summed E-state index contributed by atoms with van der Waals surface area (Å²) in [5.41, 5.74) is 2.75. The van der Waals surface area contributed by atoms with Crippen molar-refractivity contribution in [3.8, 4) is 17.6 Å². The van der Waals surface area contributed by atoms with Gasteiger partial charge < -0.3 is 14.2 Å². The summed E-state index contributed by atoms with van der Waals surface area (Å²) in [6.07, 6.45) is 4.66. The van der Waals surface area contributed by atoms with Crippen LogP contribution in [-0.2, 0) is 22.4 Å². The minimum absolute atomic E-state index is 0.238. The number of fused-ring (bicyclic) bond motifs is 1. The first-order valence-electron chi connectivity index (χ1n) is 10.9. The van der Waals surface area contributed by atoms with E-state index in [-0.39, 0.29) is 24.4 Å². The lowest BCUT2D eigenvalue weighted by molar-refractivity contribution is -0.145. The lowest BCUT2D eigenvalue weighted by Gasteiger charge is -2.33. The number of esters is 1. The smallest absolute Gasteiger partial charge is 0.344 e. The summed E-state index contributed by atoms with van der Waals surface area (Å²) in [5, 5.41) is 10.8. The number of carbonyl (C=O) groups is 1. The van der Waals surface area contributed by atoms with E-state index in [4.69, 9.17) is 25.8 Å². The number of aliphatic imine (C=N–C) groups is 1. The number of hydrogen-bond donors (Lipinski definition) is 0. The van der Waals surface area contributed by atoms with Gasteiger partial charge in [0.15, 0.2) is 18.1 Å². The van der Waals surface area contributed by atoms with E-state index in [0.29, 0.717) is 27.8 Å². The number of ether oxygens (including phenoxy) is 3. The SMILES string of the molecule is CCOC(=O)COc1c(Cl)cc(C=Nc2sc3c(c2C#N)CC[C@@H](C(C)(C)C)C3)cc1OC. The number of nitriles is 1. The third kappa shape index (κ3) is 5.87. The molecule has 0 N–H and O–H groups in total. The number of methoxy groups -OCH3 is 1. The minimum Gasteiger partial charge on any atom is -0.493 e. The molecule has 1 aromatic carbocycles. The molecule has 0 radical (unpaired) electrons. The first kappa shape index (κ1) is 25.1. The maximum absolute atomic E-state index is 11.6. The predicted molar refractivity (Wildman–Crippen MR) is 131 cm³/mol. The van der Waals surface area contributed by atoms with Gasteiger partial charge in [-0.05, 0) is 60.8 Å². The van der Waals surface area contributed by atoms with Crippen LogP contribution >= 0.6 is 22.9 Å². The van der Waals surface area contributed by atoms with Crippen molar-refractivity contribution in [1.82, 2.24) is 0 Å². The Morgan fingerprint density at radius 1 is 1.39 bits per heavy atom. The van der Waals surface area contributed by atoms with Crippen molar-refractivity contribution in [2.45, 2.75) is 47.0 Å². The summed E-state index contributed by atoms with van der Waals surface area (Å²) in [5.74, 6) is 0.757. The molecule has 1 atom stereocenters. The molecular formula is C25H29ClN2O4S. The highest BCUT2D eigenvalue weighted by atomic mass is 35.5. The average molecular weight is 489 g/mol. The zero-order valence-electron chi connectivity index (χ0n) is 19.7. The Hall–Kier alpha value is -2.56. The number of rotatable bonds is 7. The average Bonchev–Trinajstić information content (AvgIpc) is 3.12. The summed E-state index contributed by atoms with van der Waals surface area (Å²) in [7, 11) is 1.50. The first-order valence-corrected chi connectivity index (χ1v) is 12.1. The van der Waals surface area contributed by atoms with E-state index in [9.17, 15) is 10.1 Å². The molecule has 1 aromatic heterocycles. The van der Waals surface area contributed by atoms with E-state index in [1.807, 2.05) is 0 Å². The zero-order valence-corrected chi connectivity index (χ0v) is 21.2. The topological polar surface area (TPSA) is 80.9 Å². The molecule has 0 unspecified atom stereocenters. The van der Waals surface area contributed by atoms with Gasteiger partial charge in [0.1, 0.15) is 11.1 Å². The number of carbonyl (C=O) groups excluding carboxylic acids is 1. The summed E-state index contributed by atoms with van der Waals surface area (Å²) < 4.78 is 15.8. The Kier molecular flexibility index (Phi) is 8.04. The Morgan fingerprint density at radius 2 is 2.15 bits per heavy atom. The molecule has 0 saturated heterocycles. The zero-order chi connectivity index (χ0) is 24.2. The molecule has 0 amide bonds. The molecule has 176 valence electrons. The highest BCUT2D eigenvalue weighted by Crippen LogP contribution is 2.45. The molecular weight excluding hydrogens is 460 g/mol. The fraction of sp³-hybridized carbons (Fsp3) is 0.480. The van der Waals surface area contributed by atoms with Crippen molar-refractivity contribution in [3.63, 3.8) is 0 Å². The molecule has 0 saturated carbocycles. The van der Waals surface area contributed by atoms with Crippen molar-refractivity contribution in [1.29, 1.82) is 5.26 Å². The maximum atomic E-state index is 11.6. The van der Waals surface area contributed by atoms with Crippen molar-refractivity contribution in [2.24, 2.45) is 16.3 Å². The maximum Gasteiger partial charge on any atom is 0.344 e. The molecule has 1 aliphatic rings. The van der Waals surface area contributed by atoms with Gasteiger partial charge in [-0.2, -0.15) is 5.26 Å². The molecule has 1 heterocycles. The van der Waals surface area contributed by atoms with Gasteiger partial charge in [0, 0.05) is 11.1 Å². The fourth-order valence-electron chi connectivity index (χ4n) is 3.94. The molecule has 0 aliphatic heterocycles. The van der Waals surface area contributed by atoms with Crippen LogP contribution in [0.1, 0.15) is 55.7 Å². The van der Waals surface area contributed by atoms with Crippen molar-refractivity contribution < 1.29 is 19.0 Å². The Bertz CT molecular complexity index is 1100. The Morgan fingerprint density at radius 3 is 2.79 bits per heavy atom. The Labute approximate surface area is 204 Å². The van der Waals surface area contributed by atoms with E-state index < -0.39 is 5.97 Å². The minimum atomic E-state index is -0.486. The lowest BCUT2D eigenvalue weighted by Crippen LogP contribution is -2.26. The number of nitrogens with zero attached hydrogens (tertiary/aromatic N) is 2. The summed E-state index contributed by atoms with van der Waals surface area (Å²) in [6, 6.07) is 5.77. The highest BCUT2D eigenvalue weighted by molar-refractivity contribution is 7.16. The Balaban J connectivity index is 1.84. The van der Waals surface area contributed by atoms with Gasteiger partial charge in [-0.25, -0.2) is 9.79 Å². The molecule has 0 fully saturated rings. The second-order valence-corrected chi connectivity index (χ2v) is 10.5. The van der Waals surface area contributed by atoms with E-state index in [0.717, 1.165) is 29.8 Å². The quantitative estimate of drug-likeness (QED) is 0.346. The third-order valence-electron chi connectivity index (χ3n) is 5.81. The molecule has 6 nitrogen and oxygen atoms in total. The second kappa shape index (κ2) is 10.6. The van der Waals surface area contributed by atoms with Crippen LogP contribution in [0.3, 0.4) is 0 Å². The van der Waals surface area contributed by atoms with Crippen LogP contribution in [0.4, 0.5) is 5.00 Å². The van der Waals surface area contributed by atoms with Crippen LogP contribution < -0.4 is 9.47 Å². The highest BCUT2D eigenvalue weighted by Gasteiger charge is 2.32. The van der Waals surface area contributed by atoms with Gasteiger partial charge in [-0.3, -0.25) is 0 Å². The van der Waals surface area contributed by atoms with E-state index in [1.165, 1.54) is 12.0 Å². The summed E-state index contributed by atoms with van der Waals surface area (Å²) in [6.45, 7) is 8.56. The van der Waals surface area contributed by atoms with Gasteiger partial charge in [0.2, 0.25) is 0 Å². The van der Waals surface area contributed by atoms with Crippen LogP contribution in [0.25, 0.3) is 0 Å². The van der Waals surface area contributed by atoms with Gasteiger partial charge in [-0.15, -0.1) is 11.3 Å². The third-order valence-corrected chi connectivity index (χ3v) is 7.25. The van der Waals surface area contributed by atoms with E-state index >= 15 is 0 Å². The van der Waals surface area contributed by atoms with Crippen LogP contribution in [-0.4, -0.2) is 32.5 Å². The monoisotopic (exact) mass is 488 g/mol. The largest absolute Gasteiger partial charge is 0.493 e. The molecule has 33 heavy (non-hydrogen) atoms. The van der Waals surface area contributed by atoms with Crippen molar-refractivity contribution in [2.75, 3.05) is 20.3 Å². The van der Waals surface area contributed by atoms with E-state index in [2.05, 4.69) is 31.8 Å². The van der Waals surface area contributed by atoms with Crippen molar-refractivity contribution in [3.05, 3.63) is 38.7 Å². The lowest BCUT2D eigenvalue weighted by atomic mass is 9.72. The summed E-state index contributed by atoms with van der Waals surface area (Å²) >= 11 is 7.98. The fourth-order valence-corrected chi connectivity index (χ4v) is 5.43. The molecule has 0 spiro atoms. The van der Waals surface area contributed by atoms with Gasteiger partial charge in [0.05, 0.1) is 24.3 Å². The second-order valence-electron chi connectivity index (χ2n) is 8.99. The van der Waals surface area contributed by atoms with Crippen LogP contribution in [0.5, 0.6) is 11.5 Å². The molecule has 0 bridgehead atoms. The number of benzene rings is 1. The molecule has 2 aromatic rings. The van der Waals surface area contributed by atoms with Gasteiger partial charge in [-0.1, -0.05) is 32.4 Å². The van der Waals surface area contributed by atoms with Gasteiger partial charge in [0.25, 0.3) is 0 Å². The van der Waals surface area contributed by atoms with Crippen molar-refractivity contribution >= 4 is 40.1 Å². The number of halogens is 1. The van der Waals surface area contributed by atoms with Crippen LogP contribution in [0.15, 0.2) is 17.1 Å². The summed E-state index contributed by atoms with van der Waals surface area (Å²) in [4.78, 5) is 17.5. The predicted octanol–water partition coefficient (Wildman–Crippen LogP) is 6.13. The molecule has 1 aliphatic carbocycles.